The number of likely N-dealkylation sites (N-methyl/N-ethyl adjacent to an activating group) is 1. The molecule has 2 unspecified atom stereocenters. The average molecular weight is 269 g/mol. The minimum absolute atomic E-state index is 0.401. The lowest BCUT2D eigenvalue weighted by atomic mass is 10.0. The number of morpholine rings is 1. The molecular weight excluding hydrogens is 238 g/mol. The zero-order valence-electron chi connectivity index (χ0n) is 12.9. The molecule has 0 aromatic rings. The Bertz CT molecular complexity index is 260. The van der Waals surface area contributed by atoms with Gasteiger partial charge in [-0.05, 0) is 26.4 Å². The smallest absolute Gasteiger partial charge is 0.0829 e. The van der Waals surface area contributed by atoms with E-state index in [4.69, 9.17) is 4.74 Å². The van der Waals surface area contributed by atoms with Crippen LogP contribution in [0.2, 0.25) is 0 Å². The zero-order chi connectivity index (χ0) is 13.7. The number of likely N-dealkylation sites (tertiary alicyclic amines) is 1. The summed E-state index contributed by atoms with van der Waals surface area (Å²) in [4.78, 5) is 5.04. The monoisotopic (exact) mass is 269 g/mol. The van der Waals surface area contributed by atoms with Crippen molar-refractivity contribution in [3.63, 3.8) is 0 Å². The largest absolute Gasteiger partial charge is 0.374 e. The van der Waals surface area contributed by atoms with Crippen LogP contribution >= 0.6 is 0 Å². The predicted octanol–water partition coefficient (Wildman–Crippen LogP) is 1.17. The van der Waals surface area contributed by atoms with Crippen LogP contribution in [0.15, 0.2) is 0 Å². The molecule has 0 aliphatic carbocycles. The van der Waals surface area contributed by atoms with Gasteiger partial charge in [-0.2, -0.15) is 0 Å². The molecule has 0 aromatic carbocycles. The van der Waals surface area contributed by atoms with Gasteiger partial charge in [-0.3, -0.25) is 4.90 Å². The summed E-state index contributed by atoms with van der Waals surface area (Å²) in [5.74, 6) is 0. The summed E-state index contributed by atoms with van der Waals surface area (Å²) in [6, 6.07) is 1.29. The van der Waals surface area contributed by atoms with Crippen LogP contribution in [0.5, 0.6) is 0 Å². The van der Waals surface area contributed by atoms with Gasteiger partial charge in [-0.25, -0.2) is 0 Å². The number of ether oxygens (including phenoxy) is 1. The molecule has 4 nitrogen and oxygen atoms in total. The molecule has 0 aromatic heterocycles. The van der Waals surface area contributed by atoms with Crippen molar-refractivity contribution in [3.8, 4) is 0 Å². The van der Waals surface area contributed by atoms with Crippen molar-refractivity contribution >= 4 is 0 Å². The Morgan fingerprint density at radius 3 is 2.84 bits per heavy atom. The van der Waals surface area contributed by atoms with E-state index in [1.54, 1.807) is 0 Å². The summed E-state index contributed by atoms with van der Waals surface area (Å²) >= 11 is 0. The highest BCUT2D eigenvalue weighted by atomic mass is 16.5. The SMILES string of the molecule is CC(C)NCC1CCCCN1CC1CN(C)CCO1. The quantitative estimate of drug-likeness (QED) is 0.811. The molecule has 19 heavy (non-hydrogen) atoms. The number of nitrogens with one attached hydrogen (secondary N) is 1. The van der Waals surface area contributed by atoms with Crippen molar-refractivity contribution in [2.24, 2.45) is 0 Å². The molecule has 2 saturated heterocycles. The normalized spacial score (nSPS) is 30.9. The summed E-state index contributed by atoms with van der Waals surface area (Å²) in [7, 11) is 2.20. The van der Waals surface area contributed by atoms with E-state index in [-0.39, 0.29) is 0 Å². The molecule has 2 fully saturated rings. The minimum atomic E-state index is 0.401. The Morgan fingerprint density at radius 2 is 2.11 bits per heavy atom. The second-order valence-corrected chi connectivity index (χ2v) is 6.46. The highest BCUT2D eigenvalue weighted by Crippen LogP contribution is 2.18. The average Bonchev–Trinajstić information content (AvgIpc) is 2.38. The van der Waals surface area contributed by atoms with Crippen LogP contribution in [0, 0.1) is 0 Å². The molecule has 4 heteroatoms. The Hall–Kier alpha value is -0.160. The molecule has 2 atom stereocenters. The maximum absolute atomic E-state index is 5.92. The Kier molecular flexibility index (Phi) is 6.07. The lowest BCUT2D eigenvalue weighted by Gasteiger charge is -2.40. The molecule has 2 rings (SSSR count). The van der Waals surface area contributed by atoms with Crippen LogP contribution in [0.25, 0.3) is 0 Å². The van der Waals surface area contributed by atoms with Gasteiger partial charge in [0.25, 0.3) is 0 Å². The second kappa shape index (κ2) is 7.58. The molecule has 2 heterocycles. The van der Waals surface area contributed by atoms with E-state index in [0.29, 0.717) is 18.2 Å². The number of piperidine rings is 1. The van der Waals surface area contributed by atoms with E-state index in [0.717, 1.165) is 32.8 Å². The first-order chi connectivity index (χ1) is 9.15. The van der Waals surface area contributed by atoms with Crippen molar-refractivity contribution in [2.45, 2.75) is 51.3 Å². The Morgan fingerprint density at radius 1 is 1.26 bits per heavy atom. The van der Waals surface area contributed by atoms with Gasteiger partial charge in [0, 0.05) is 38.3 Å². The van der Waals surface area contributed by atoms with E-state index in [1.165, 1.54) is 25.8 Å². The lowest BCUT2D eigenvalue weighted by Crippen LogP contribution is -2.52. The van der Waals surface area contributed by atoms with Gasteiger partial charge in [-0.1, -0.05) is 20.3 Å². The van der Waals surface area contributed by atoms with Crippen molar-refractivity contribution in [1.29, 1.82) is 0 Å². The van der Waals surface area contributed by atoms with Gasteiger partial charge in [0.2, 0.25) is 0 Å². The fourth-order valence-corrected chi connectivity index (χ4v) is 3.14. The first-order valence-electron chi connectivity index (χ1n) is 7.92. The third-order valence-corrected chi connectivity index (χ3v) is 4.29. The van der Waals surface area contributed by atoms with Gasteiger partial charge in [-0.15, -0.1) is 0 Å². The van der Waals surface area contributed by atoms with Crippen LogP contribution < -0.4 is 5.32 Å². The summed E-state index contributed by atoms with van der Waals surface area (Å²) in [6.07, 6.45) is 4.47. The minimum Gasteiger partial charge on any atom is -0.374 e. The first kappa shape index (κ1) is 15.2. The maximum Gasteiger partial charge on any atom is 0.0829 e. The number of rotatable bonds is 5. The van der Waals surface area contributed by atoms with Crippen molar-refractivity contribution in [2.75, 3.05) is 46.4 Å². The van der Waals surface area contributed by atoms with E-state index in [9.17, 15) is 0 Å². The Balaban J connectivity index is 1.81. The highest BCUT2D eigenvalue weighted by molar-refractivity contribution is 4.83. The van der Waals surface area contributed by atoms with Crippen LogP contribution in [-0.2, 0) is 4.74 Å². The summed E-state index contributed by atoms with van der Waals surface area (Å²) in [6.45, 7) is 11.0. The molecule has 0 saturated carbocycles. The molecule has 0 amide bonds. The summed E-state index contributed by atoms with van der Waals surface area (Å²) in [5, 5.41) is 3.60. The molecular formula is C15H31N3O. The Labute approximate surface area is 118 Å². The molecule has 1 N–H and O–H groups in total. The molecule has 2 aliphatic heterocycles. The van der Waals surface area contributed by atoms with Crippen LogP contribution in [-0.4, -0.2) is 74.4 Å². The van der Waals surface area contributed by atoms with Gasteiger partial charge in [0.1, 0.15) is 0 Å². The third kappa shape index (κ3) is 5.03. The predicted molar refractivity (Wildman–Crippen MR) is 79.6 cm³/mol. The standard InChI is InChI=1S/C15H31N3O/c1-13(2)16-10-14-6-4-5-7-18(14)12-15-11-17(3)8-9-19-15/h13-16H,4-12H2,1-3H3. The number of hydrogen-bond acceptors (Lipinski definition) is 4. The van der Waals surface area contributed by atoms with Gasteiger partial charge < -0.3 is 15.0 Å². The third-order valence-electron chi connectivity index (χ3n) is 4.29. The van der Waals surface area contributed by atoms with E-state index < -0.39 is 0 Å². The van der Waals surface area contributed by atoms with E-state index in [2.05, 4.69) is 36.0 Å². The zero-order valence-corrected chi connectivity index (χ0v) is 12.9. The van der Waals surface area contributed by atoms with E-state index >= 15 is 0 Å². The highest BCUT2D eigenvalue weighted by Gasteiger charge is 2.27. The molecule has 2 aliphatic rings. The number of nitrogens with zero attached hydrogens (tertiary/aromatic N) is 2. The van der Waals surface area contributed by atoms with Crippen molar-refractivity contribution in [3.05, 3.63) is 0 Å². The molecule has 0 spiro atoms. The molecule has 112 valence electrons. The number of hydrogen-bond donors (Lipinski definition) is 1. The van der Waals surface area contributed by atoms with Gasteiger partial charge >= 0.3 is 0 Å². The first-order valence-corrected chi connectivity index (χ1v) is 7.92. The summed E-state index contributed by atoms with van der Waals surface area (Å²) in [5.41, 5.74) is 0. The van der Waals surface area contributed by atoms with Crippen LogP contribution in [0.1, 0.15) is 33.1 Å². The fourth-order valence-electron chi connectivity index (χ4n) is 3.14. The van der Waals surface area contributed by atoms with Crippen molar-refractivity contribution in [1.82, 2.24) is 15.1 Å². The lowest BCUT2D eigenvalue weighted by molar-refractivity contribution is -0.0451. The second-order valence-electron chi connectivity index (χ2n) is 6.46. The van der Waals surface area contributed by atoms with Gasteiger partial charge in [0.05, 0.1) is 12.7 Å². The van der Waals surface area contributed by atoms with E-state index in [1.807, 2.05) is 0 Å². The maximum atomic E-state index is 5.92. The van der Waals surface area contributed by atoms with Crippen LogP contribution in [0.3, 0.4) is 0 Å². The molecule has 0 bridgehead atoms. The van der Waals surface area contributed by atoms with Gasteiger partial charge in [0.15, 0.2) is 0 Å². The molecule has 0 radical (unpaired) electrons. The van der Waals surface area contributed by atoms with Crippen LogP contribution in [0.4, 0.5) is 0 Å². The topological polar surface area (TPSA) is 27.7 Å². The summed E-state index contributed by atoms with van der Waals surface area (Å²) < 4.78 is 5.92. The fraction of sp³-hybridized carbons (Fsp3) is 1.00. The van der Waals surface area contributed by atoms with Crippen molar-refractivity contribution < 1.29 is 4.74 Å².